The number of sulfonamides is 1. The van der Waals surface area contributed by atoms with Gasteiger partial charge in [-0.3, -0.25) is 9.59 Å². The molecular formula is C24H28N2O7S. The molecule has 182 valence electrons. The third-order valence-corrected chi connectivity index (χ3v) is 7.16. The van der Waals surface area contributed by atoms with Crippen molar-refractivity contribution in [2.75, 3.05) is 31.6 Å². The van der Waals surface area contributed by atoms with Crippen LogP contribution in [0.5, 0.6) is 0 Å². The van der Waals surface area contributed by atoms with E-state index in [0.717, 1.165) is 6.42 Å². The number of carbonyl (C=O) groups is 3. The van der Waals surface area contributed by atoms with E-state index in [9.17, 15) is 22.8 Å². The van der Waals surface area contributed by atoms with Crippen LogP contribution in [0, 0.1) is 0 Å². The number of anilines is 1. The predicted octanol–water partition coefficient (Wildman–Crippen LogP) is 2.87. The van der Waals surface area contributed by atoms with Gasteiger partial charge in [0.2, 0.25) is 21.7 Å². The summed E-state index contributed by atoms with van der Waals surface area (Å²) in [5.41, 5.74) is 0.915. The standard InChI is InChI=1S/C24H28N2O7S/c1-3-5-22(27)25-20-10-8-18(9-11-20)23(28)17(2)33-24(29)19-6-4-7-21(16-19)34(30,31)26-12-14-32-15-13-26/h4,6-11,16-17H,3,5,12-15H2,1-2H3,(H,25,27). The van der Waals surface area contributed by atoms with Gasteiger partial charge in [0.15, 0.2) is 6.10 Å². The van der Waals surface area contributed by atoms with Gasteiger partial charge in [-0.15, -0.1) is 0 Å². The molecule has 1 aliphatic heterocycles. The first-order chi connectivity index (χ1) is 16.2. The highest BCUT2D eigenvalue weighted by Crippen LogP contribution is 2.20. The first kappa shape index (κ1) is 25.5. The average Bonchev–Trinajstić information content (AvgIpc) is 2.84. The van der Waals surface area contributed by atoms with Gasteiger partial charge in [-0.2, -0.15) is 4.31 Å². The molecule has 1 unspecified atom stereocenters. The van der Waals surface area contributed by atoms with Gasteiger partial charge in [0.05, 0.1) is 23.7 Å². The molecular weight excluding hydrogens is 460 g/mol. The summed E-state index contributed by atoms with van der Waals surface area (Å²) in [6.45, 7) is 4.46. The van der Waals surface area contributed by atoms with E-state index >= 15 is 0 Å². The number of ether oxygens (including phenoxy) is 2. The summed E-state index contributed by atoms with van der Waals surface area (Å²) < 4.78 is 37.5. The van der Waals surface area contributed by atoms with Gasteiger partial charge < -0.3 is 14.8 Å². The minimum Gasteiger partial charge on any atom is -0.451 e. The van der Waals surface area contributed by atoms with Gasteiger partial charge in [0.1, 0.15) is 0 Å². The Kier molecular flexibility index (Phi) is 8.54. The number of hydrogen-bond donors (Lipinski definition) is 1. The first-order valence-corrected chi connectivity index (χ1v) is 12.5. The van der Waals surface area contributed by atoms with Gasteiger partial charge in [0.25, 0.3) is 0 Å². The average molecular weight is 489 g/mol. The highest BCUT2D eigenvalue weighted by Gasteiger charge is 2.27. The number of nitrogens with zero attached hydrogens (tertiary/aromatic N) is 1. The molecule has 1 fully saturated rings. The molecule has 1 saturated heterocycles. The number of hydrogen-bond acceptors (Lipinski definition) is 7. The number of Topliss-reactive ketones (excluding diaryl/α,β-unsaturated/α-hetero) is 1. The topological polar surface area (TPSA) is 119 Å². The molecule has 1 N–H and O–H groups in total. The molecule has 0 radical (unpaired) electrons. The van der Waals surface area contributed by atoms with E-state index in [4.69, 9.17) is 9.47 Å². The van der Waals surface area contributed by atoms with Crippen LogP contribution in [0.25, 0.3) is 0 Å². The second-order valence-electron chi connectivity index (χ2n) is 7.83. The summed E-state index contributed by atoms with van der Waals surface area (Å²) in [4.78, 5) is 37.0. The Balaban J connectivity index is 1.65. The number of ketones is 1. The van der Waals surface area contributed by atoms with E-state index in [-0.39, 0.29) is 29.5 Å². The second kappa shape index (κ2) is 11.4. The molecule has 2 aromatic carbocycles. The van der Waals surface area contributed by atoms with Crippen LogP contribution in [0.1, 0.15) is 47.4 Å². The Morgan fingerprint density at radius 2 is 1.74 bits per heavy atom. The zero-order valence-electron chi connectivity index (χ0n) is 19.2. The molecule has 34 heavy (non-hydrogen) atoms. The van der Waals surface area contributed by atoms with Gasteiger partial charge in [-0.1, -0.05) is 13.0 Å². The number of amides is 1. The van der Waals surface area contributed by atoms with Crippen molar-refractivity contribution >= 4 is 33.4 Å². The molecule has 3 rings (SSSR count). The van der Waals surface area contributed by atoms with Crippen LogP contribution in [0.15, 0.2) is 53.4 Å². The molecule has 0 aliphatic carbocycles. The molecule has 9 nitrogen and oxygen atoms in total. The van der Waals surface area contributed by atoms with Crippen molar-refractivity contribution in [3.63, 3.8) is 0 Å². The summed E-state index contributed by atoms with van der Waals surface area (Å²) in [7, 11) is -3.77. The third-order valence-electron chi connectivity index (χ3n) is 5.26. The number of morpholine rings is 1. The number of esters is 1. The Morgan fingerprint density at radius 3 is 2.38 bits per heavy atom. The maximum Gasteiger partial charge on any atom is 0.338 e. The van der Waals surface area contributed by atoms with Crippen molar-refractivity contribution in [2.45, 2.75) is 37.7 Å². The predicted molar refractivity (Wildman–Crippen MR) is 125 cm³/mol. The second-order valence-corrected chi connectivity index (χ2v) is 9.77. The molecule has 1 heterocycles. The Labute approximate surface area is 199 Å². The number of nitrogens with one attached hydrogen (secondary N) is 1. The SMILES string of the molecule is CCCC(=O)Nc1ccc(C(=O)C(C)OC(=O)c2cccc(S(=O)(=O)N3CCOCC3)c2)cc1. The lowest BCUT2D eigenvalue weighted by Gasteiger charge is -2.26. The molecule has 1 aliphatic rings. The lowest BCUT2D eigenvalue weighted by atomic mass is 10.1. The monoisotopic (exact) mass is 488 g/mol. The molecule has 10 heteroatoms. The van der Waals surface area contributed by atoms with Gasteiger partial charge >= 0.3 is 5.97 Å². The Bertz CT molecular complexity index is 1140. The van der Waals surface area contributed by atoms with E-state index in [1.807, 2.05) is 6.92 Å². The van der Waals surface area contributed by atoms with Crippen molar-refractivity contribution < 1.29 is 32.3 Å². The summed E-state index contributed by atoms with van der Waals surface area (Å²) in [6, 6.07) is 11.9. The fraction of sp³-hybridized carbons (Fsp3) is 0.375. The molecule has 0 saturated carbocycles. The van der Waals surface area contributed by atoms with E-state index in [2.05, 4.69) is 5.32 Å². The van der Waals surface area contributed by atoms with Crippen molar-refractivity contribution in [1.29, 1.82) is 0 Å². The van der Waals surface area contributed by atoms with Crippen molar-refractivity contribution in [1.82, 2.24) is 4.31 Å². The summed E-state index contributed by atoms with van der Waals surface area (Å²) in [5, 5.41) is 2.74. The summed E-state index contributed by atoms with van der Waals surface area (Å²) >= 11 is 0. The zero-order chi connectivity index (χ0) is 24.7. The van der Waals surface area contributed by atoms with Crippen molar-refractivity contribution in [3.05, 3.63) is 59.7 Å². The van der Waals surface area contributed by atoms with Crippen LogP contribution in [-0.2, 0) is 24.3 Å². The van der Waals surface area contributed by atoms with Gasteiger partial charge in [0, 0.05) is 30.8 Å². The molecule has 0 spiro atoms. The van der Waals surface area contributed by atoms with E-state index in [0.29, 0.717) is 30.9 Å². The summed E-state index contributed by atoms with van der Waals surface area (Å²) in [5.74, 6) is -1.33. The fourth-order valence-electron chi connectivity index (χ4n) is 3.40. The van der Waals surface area contributed by atoms with Crippen LogP contribution in [0.3, 0.4) is 0 Å². The number of benzene rings is 2. The molecule has 1 atom stereocenters. The highest BCUT2D eigenvalue weighted by molar-refractivity contribution is 7.89. The largest absolute Gasteiger partial charge is 0.451 e. The lowest BCUT2D eigenvalue weighted by molar-refractivity contribution is -0.116. The van der Waals surface area contributed by atoms with Crippen LogP contribution < -0.4 is 5.32 Å². The maximum atomic E-state index is 12.8. The summed E-state index contributed by atoms with van der Waals surface area (Å²) in [6.07, 6.45) is 0.0446. The lowest BCUT2D eigenvalue weighted by Crippen LogP contribution is -2.40. The zero-order valence-corrected chi connectivity index (χ0v) is 20.0. The van der Waals surface area contributed by atoms with Crippen LogP contribution in [0.4, 0.5) is 5.69 Å². The molecule has 1 amide bonds. The molecule has 0 aromatic heterocycles. The van der Waals surface area contributed by atoms with Crippen LogP contribution in [-0.4, -0.2) is 62.8 Å². The minimum atomic E-state index is -3.77. The van der Waals surface area contributed by atoms with Crippen LogP contribution >= 0.6 is 0 Å². The quantitative estimate of drug-likeness (QED) is 0.426. The number of carbonyl (C=O) groups excluding carboxylic acids is 3. The van der Waals surface area contributed by atoms with Gasteiger partial charge in [-0.25, -0.2) is 13.2 Å². The maximum absolute atomic E-state index is 12.8. The van der Waals surface area contributed by atoms with E-state index < -0.39 is 27.9 Å². The first-order valence-electron chi connectivity index (χ1n) is 11.1. The van der Waals surface area contributed by atoms with Crippen molar-refractivity contribution in [3.8, 4) is 0 Å². The fourth-order valence-corrected chi connectivity index (χ4v) is 4.86. The minimum absolute atomic E-state index is 0.0245. The third kappa shape index (κ3) is 6.28. The highest BCUT2D eigenvalue weighted by atomic mass is 32.2. The van der Waals surface area contributed by atoms with E-state index in [1.54, 1.807) is 24.3 Å². The number of rotatable bonds is 9. The Morgan fingerprint density at radius 1 is 1.06 bits per heavy atom. The smallest absolute Gasteiger partial charge is 0.338 e. The van der Waals surface area contributed by atoms with E-state index in [1.165, 1.54) is 35.5 Å². The normalized spacial score (nSPS) is 15.4. The van der Waals surface area contributed by atoms with Gasteiger partial charge in [-0.05, 0) is 55.8 Å². The Hall–Kier alpha value is -3.08. The van der Waals surface area contributed by atoms with Crippen molar-refractivity contribution in [2.24, 2.45) is 0 Å². The molecule has 2 aromatic rings. The molecule has 0 bridgehead atoms. The van der Waals surface area contributed by atoms with Crippen LogP contribution in [0.2, 0.25) is 0 Å².